The fourth-order valence-corrected chi connectivity index (χ4v) is 1.86. The normalized spacial score (nSPS) is 11.2. The maximum Gasteiger partial charge on any atom is 0.419 e. The Morgan fingerprint density at radius 1 is 1.17 bits per heavy atom. The highest BCUT2D eigenvalue weighted by atomic mass is 19.4. The van der Waals surface area contributed by atoms with Crippen molar-refractivity contribution in [1.82, 2.24) is 5.32 Å². The van der Waals surface area contributed by atoms with E-state index < -0.39 is 23.5 Å². The molecule has 0 unspecified atom stereocenters. The second-order valence-corrected chi connectivity index (χ2v) is 4.84. The number of methoxy groups -OCH3 is 1. The Labute approximate surface area is 130 Å². The second-order valence-electron chi connectivity index (χ2n) is 4.84. The molecule has 0 spiro atoms. The molecule has 1 rings (SSSR count). The fourth-order valence-electron chi connectivity index (χ4n) is 1.86. The lowest BCUT2D eigenvalue weighted by atomic mass is 10.1. The van der Waals surface area contributed by atoms with Crippen LogP contribution in [0.15, 0.2) is 18.2 Å². The van der Waals surface area contributed by atoms with Crippen molar-refractivity contribution in [2.24, 2.45) is 0 Å². The number of halogens is 4. The van der Waals surface area contributed by atoms with E-state index in [0.717, 1.165) is 6.07 Å². The maximum absolute atomic E-state index is 13.1. The van der Waals surface area contributed by atoms with Gasteiger partial charge in [-0.3, -0.25) is 9.59 Å². The number of esters is 1. The molecule has 0 aliphatic rings. The first kappa shape index (κ1) is 18.9. The SMILES string of the molecule is COC(=O)CCCCCNC(=O)c1ccc(F)c(C(F)(F)F)c1. The molecule has 0 aliphatic carbocycles. The van der Waals surface area contributed by atoms with Crippen LogP contribution >= 0.6 is 0 Å². The van der Waals surface area contributed by atoms with Crippen molar-refractivity contribution < 1.29 is 31.9 Å². The standard InChI is InChI=1S/C15H17F4NO3/c1-23-13(21)5-3-2-4-8-20-14(22)10-6-7-12(16)11(9-10)15(17,18)19/h6-7,9H,2-5,8H2,1H3,(H,20,22). The monoisotopic (exact) mass is 335 g/mol. The summed E-state index contributed by atoms with van der Waals surface area (Å²) >= 11 is 0. The van der Waals surface area contributed by atoms with E-state index in [4.69, 9.17) is 0 Å². The summed E-state index contributed by atoms with van der Waals surface area (Å²) in [7, 11) is 1.29. The third-order valence-electron chi connectivity index (χ3n) is 3.10. The van der Waals surface area contributed by atoms with Crippen LogP contribution in [-0.4, -0.2) is 25.5 Å². The minimum absolute atomic E-state index is 0.249. The second kappa shape index (κ2) is 8.50. The summed E-state index contributed by atoms with van der Waals surface area (Å²) in [4.78, 5) is 22.6. The number of nitrogens with one attached hydrogen (secondary N) is 1. The van der Waals surface area contributed by atoms with E-state index in [1.807, 2.05) is 0 Å². The molecule has 0 radical (unpaired) electrons. The molecule has 1 aromatic carbocycles. The van der Waals surface area contributed by atoms with Crippen molar-refractivity contribution in [2.75, 3.05) is 13.7 Å². The van der Waals surface area contributed by atoms with E-state index in [1.165, 1.54) is 7.11 Å². The highest BCUT2D eigenvalue weighted by Crippen LogP contribution is 2.31. The van der Waals surface area contributed by atoms with Gasteiger partial charge in [0, 0.05) is 18.5 Å². The van der Waals surface area contributed by atoms with Gasteiger partial charge in [0.15, 0.2) is 0 Å². The van der Waals surface area contributed by atoms with Crippen molar-refractivity contribution in [1.29, 1.82) is 0 Å². The summed E-state index contributed by atoms with van der Waals surface area (Å²) in [5.41, 5.74) is -1.73. The van der Waals surface area contributed by atoms with E-state index in [-0.39, 0.29) is 24.5 Å². The summed E-state index contributed by atoms with van der Waals surface area (Å²) in [5.74, 6) is -2.44. The molecule has 1 aromatic rings. The van der Waals surface area contributed by atoms with Gasteiger partial charge in [-0.15, -0.1) is 0 Å². The van der Waals surface area contributed by atoms with E-state index in [1.54, 1.807) is 0 Å². The molecule has 0 aliphatic heterocycles. The van der Waals surface area contributed by atoms with Gasteiger partial charge in [0.2, 0.25) is 0 Å². The first-order valence-electron chi connectivity index (χ1n) is 6.97. The number of unbranched alkanes of at least 4 members (excludes halogenated alkanes) is 2. The van der Waals surface area contributed by atoms with Gasteiger partial charge in [0.05, 0.1) is 12.7 Å². The van der Waals surface area contributed by atoms with Gasteiger partial charge in [0.1, 0.15) is 5.82 Å². The van der Waals surface area contributed by atoms with Crippen molar-refractivity contribution in [2.45, 2.75) is 31.9 Å². The number of hydrogen-bond acceptors (Lipinski definition) is 3. The van der Waals surface area contributed by atoms with Crippen LogP contribution in [0.5, 0.6) is 0 Å². The molecule has 1 amide bonds. The zero-order valence-corrected chi connectivity index (χ0v) is 12.5. The molecule has 0 fully saturated rings. The summed E-state index contributed by atoms with van der Waals surface area (Å²) in [6.07, 6.45) is -2.76. The smallest absolute Gasteiger partial charge is 0.419 e. The number of hydrogen-bond donors (Lipinski definition) is 1. The third-order valence-corrected chi connectivity index (χ3v) is 3.10. The van der Waals surface area contributed by atoms with E-state index in [2.05, 4.69) is 10.1 Å². The molecule has 0 heterocycles. The van der Waals surface area contributed by atoms with Crippen LogP contribution in [0.25, 0.3) is 0 Å². The molecule has 1 N–H and O–H groups in total. The number of benzene rings is 1. The van der Waals surface area contributed by atoms with Crippen LogP contribution in [0, 0.1) is 5.82 Å². The Bertz CT molecular complexity index is 558. The van der Waals surface area contributed by atoms with Crippen LogP contribution in [0.3, 0.4) is 0 Å². The van der Waals surface area contributed by atoms with E-state index >= 15 is 0 Å². The van der Waals surface area contributed by atoms with Crippen LogP contribution in [-0.2, 0) is 15.7 Å². The number of alkyl halides is 3. The Morgan fingerprint density at radius 3 is 2.48 bits per heavy atom. The molecule has 0 aromatic heterocycles. The zero-order chi connectivity index (χ0) is 17.5. The van der Waals surface area contributed by atoms with Crippen LogP contribution < -0.4 is 5.32 Å². The number of amides is 1. The molecule has 8 heteroatoms. The maximum atomic E-state index is 13.1. The molecule has 4 nitrogen and oxygen atoms in total. The Balaban J connectivity index is 2.45. The quantitative estimate of drug-likeness (QED) is 0.472. The largest absolute Gasteiger partial charge is 0.469 e. The minimum atomic E-state index is -4.85. The molecule has 128 valence electrons. The lowest BCUT2D eigenvalue weighted by Crippen LogP contribution is -2.25. The van der Waals surface area contributed by atoms with Gasteiger partial charge in [-0.05, 0) is 31.0 Å². The van der Waals surface area contributed by atoms with Crippen LogP contribution in [0.4, 0.5) is 17.6 Å². The van der Waals surface area contributed by atoms with Gasteiger partial charge < -0.3 is 10.1 Å². The summed E-state index contributed by atoms with van der Waals surface area (Å²) in [6.45, 7) is 0.249. The van der Waals surface area contributed by atoms with Crippen LogP contribution in [0.2, 0.25) is 0 Å². The predicted molar refractivity (Wildman–Crippen MR) is 74.2 cm³/mol. The van der Waals surface area contributed by atoms with Gasteiger partial charge >= 0.3 is 12.1 Å². The first-order chi connectivity index (χ1) is 10.8. The highest BCUT2D eigenvalue weighted by Gasteiger charge is 2.34. The number of rotatable bonds is 7. The number of carbonyl (C=O) groups excluding carboxylic acids is 2. The molecule has 0 bridgehead atoms. The van der Waals surface area contributed by atoms with Gasteiger partial charge in [0.25, 0.3) is 5.91 Å². The van der Waals surface area contributed by atoms with Crippen molar-refractivity contribution in [3.63, 3.8) is 0 Å². The van der Waals surface area contributed by atoms with Crippen molar-refractivity contribution in [3.05, 3.63) is 35.1 Å². The van der Waals surface area contributed by atoms with Crippen LogP contribution in [0.1, 0.15) is 41.6 Å². The lowest BCUT2D eigenvalue weighted by molar-refractivity contribution is -0.141. The Morgan fingerprint density at radius 2 is 1.87 bits per heavy atom. The Hall–Kier alpha value is -2.12. The third kappa shape index (κ3) is 6.25. The van der Waals surface area contributed by atoms with E-state index in [9.17, 15) is 27.2 Å². The van der Waals surface area contributed by atoms with Crippen molar-refractivity contribution in [3.8, 4) is 0 Å². The first-order valence-corrected chi connectivity index (χ1v) is 6.97. The van der Waals surface area contributed by atoms with E-state index in [0.29, 0.717) is 31.4 Å². The average molecular weight is 335 g/mol. The predicted octanol–water partition coefficient (Wildman–Crippen LogP) is 3.31. The van der Waals surface area contributed by atoms with Gasteiger partial charge in [-0.25, -0.2) is 4.39 Å². The average Bonchev–Trinajstić information content (AvgIpc) is 2.49. The van der Waals surface area contributed by atoms with Crippen molar-refractivity contribution >= 4 is 11.9 Å². The lowest BCUT2D eigenvalue weighted by Gasteiger charge is -2.10. The number of carbonyl (C=O) groups is 2. The summed E-state index contributed by atoms with van der Waals surface area (Å²) in [6, 6.07) is 2.10. The highest BCUT2D eigenvalue weighted by molar-refractivity contribution is 5.94. The molecule has 0 saturated heterocycles. The van der Waals surface area contributed by atoms with Gasteiger partial charge in [-0.2, -0.15) is 13.2 Å². The number of ether oxygens (including phenoxy) is 1. The molecular formula is C15H17F4NO3. The van der Waals surface area contributed by atoms with Gasteiger partial charge in [-0.1, -0.05) is 6.42 Å². The fraction of sp³-hybridized carbons (Fsp3) is 0.467. The topological polar surface area (TPSA) is 55.4 Å². The Kier molecular flexibility index (Phi) is 6.99. The molecule has 0 atom stereocenters. The zero-order valence-electron chi connectivity index (χ0n) is 12.5. The summed E-state index contributed by atoms with van der Waals surface area (Å²) in [5, 5.41) is 2.45. The molecule has 0 saturated carbocycles. The molecular weight excluding hydrogens is 318 g/mol. The molecule has 23 heavy (non-hydrogen) atoms. The minimum Gasteiger partial charge on any atom is -0.469 e. The summed E-state index contributed by atoms with van der Waals surface area (Å²) < 4.78 is 55.3.